The molecule has 0 aliphatic heterocycles. The van der Waals surface area contributed by atoms with Crippen molar-refractivity contribution in [2.75, 3.05) is 13.2 Å². The molecule has 2 atom stereocenters. The summed E-state index contributed by atoms with van der Waals surface area (Å²) in [4.78, 5) is 24.6. The first kappa shape index (κ1) is 70.6. The van der Waals surface area contributed by atoms with Crippen LogP contribution in [0.2, 0.25) is 0 Å². The molecule has 72 heavy (non-hydrogen) atoms. The fourth-order valence-electron chi connectivity index (χ4n) is 10.5. The van der Waals surface area contributed by atoms with Crippen LogP contribution in [0.15, 0.2) is 12.2 Å². The van der Waals surface area contributed by atoms with E-state index in [2.05, 4.69) is 31.3 Å². The van der Waals surface area contributed by atoms with Gasteiger partial charge in [0.05, 0.1) is 25.4 Å². The quantitative estimate of drug-likeness (QED) is 0.0320. The molecule has 0 spiro atoms. The third-order valence-electron chi connectivity index (χ3n) is 15.6. The summed E-state index contributed by atoms with van der Waals surface area (Å²) < 4.78 is 5.49. The second-order valence-corrected chi connectivity index (χ2v) is 22.8. The summed E-state index contributed by atoms with van der Waals surface area (Å²) in [5, 5.41) is 23.4. The monoisotopic (exact) mass is 1020 g/mol. The van der Waals surface area contributed by atoms with Gasteiger partial charge >= 0.3 is 5.97 Å². The van der Waals surface area contributed by atoms with Crippen LogP contribution in [0.25, 0.3) is 0 Å². The minimum absolute atomic E-state index is 0.00124. The molecule has 0 radical (unpaired) electrons. The molecular formula is C66H129NO5. The van der Waals surface area contributed by atoms with E-state index in [0.29, 0.717) is 25.9 Å². The van der Waals surface area contributed by atoms with E-state index >= 15 is 0 Å². The van der Waals surface area contributed by atoms with E-state index in [-0.39, 0.29) is 18.5 Å². The number of aliphatic hydroxyl groups is 2. The number of carbonyl (C=O) groups is 2. The maximum Gasteiger partial charge on any atom is 0.305 e. The number of carbonyl (C=O) groups excluding carboxylic acids is 2. The molecule has 0 saturated carbocycles. The van der Waals surface area contributed by atoms with Gasteiger partial charge in [-0.05, 0) is 51.4 Å². The van der Waals surface area contributed by atoms with Crippen LogP contribution in [0.5, 0.6) is 0 Å². The molecule has 0 saturated heterocycles. The van der Waals surface area contributed by atoms with Crippen LogP contribution in [0.3, 0.4) is 0 Å². The molecule has 0 aromatic heterocycles. The second kappa shape index (κ2) is 62.1. The molecule has 0 bridgehead atoms. The number of aliphatic hydroxyl groups excluding tert-OH is 2. The Labute approximate surface area is 450 Å². The number of nitrogens with one attached hydrogen (secondary N) is 1. The predicted molar refractivity (Wildman–Crippen MR) is 315 cm³/mol. The number of esters is 1. The average Bonchev–Trinajstić information content (AvgIpc) is 3.38. The van der Waals surface area contributed by atoms with Crippen molar-refractivity contribution >= 4 is 11.9 Å². The van der Waals surface area contributed by atoms with Gasteiger partial charge < -0.3 is 20.3 Å². The minimum Gasteiger partial charge on any atom is -0.466 e. The summed E-state index contributed by atoms with van der Waals surface area (Å²) in [5.41, 5.74) is 0. The number of allylic oxidation sites excluding steroid dienone is 2. The van der Waals surface area contributed by atoms with Crippen LogP contribution in [0.1, 0.15) is 373 Å². The summed E-state index contributed by atoms with van der Waals surface area (Å²) >= 11 is 0. The van der Waals surface area contributed by atoms with E-state index in [1.165, 1.54) is 295 Å². The molecule has 3 N–H and O–H groups in total. The van der Waals surface area contributed by atoms with Gasteiger partial charge in [0.2, 0.25) is 5.91 Å². The molecule has 0 aliphatic rings. The highest BCUT2D eigenvalue weighted by molar-refractivity contribution is 5.76. The van der Waals surface area contributed by atoms with E-state index in [0.717, 1.165) is 44.9 Å². The summed E-state index contributed by atoms with van der Waals surface area (Å²) in [6.07, 6.45) is 75.1. The van der Waals surface area contributed by atoms with Gasteiger partial charge in [-0.15, -0.1) is 0 Å². The first-order valence-corrected chi connectivity index (χ1v) is 32.9. The first-order valence-electron chi connectivity index (χ1n) is 32.9. The van der Waals surface area contributed by atoms with Crippen molar-refractivity contribution in [2.45, 2.75) is 386 Å². The van der Waals surface area contributed by atoms with Crippen molar-refractivity contribution in [1.82, 2.24) is 5.32 Å². The van der Waals surface area contributed by atoms with E-state index in [9.17, 15) is 19.8 Å². The zero-order valence-corrected chi connectivity index (χ0v) is 48.9. The number of hydrogen-bond acceptors (Lipinski definition) is 5. The lowest BCUT2D eigenvalue weighted by Crippen LogP contribution is -2.45. The number of unbranched alkanes of at least 4 members (excludes halogenated alkanes) is 49. The lowest BCUT2D eigenvalue weighted by atomic mass is 10.0. The smallest absolute Gasteiger partial charge is 0.305 e. The van der Waals surface area contributed by atoms with Crippen LogP contribution in [-0.2, 0) is 14.3 Å². The lowest BCUT2D eigenvalue weighted by molar-refractivity contribution is -0.143. The number of hydrogen-bond donors (Lipinski definition) is 3. The van der Waals surface area contributed by atoms with E-state index < -0.39 is 12.1 Å². The van der Waals surface area contributed by atoms with Gasteiger partial charge in [-0.3, -0.25) is 9.59 Å². The van der Waals surface area contributed by atoms with Crippen LogP contribution < -0.4 is 5.32 Å². The molecule has 428 valence electrons. The molecule has 0 aromatic rings. The first-order chi connectivity index (χ1) is 35.5. The SMILES string of the molecule is CCCCCCCC/C=C\CCCCCCCCCC(=O)OCCCCCCCCCCCCCCCCCCC(=O)NC(CO)C(O)CCCCCCCCCCCCCCCCCCCCCCCC. The van der Waals surface area contributed by atoms with Gasteiger partial charge in [-0.1, -0.05) is 321 Å². The average molecular weight is 1020 g/mol. The maximum atomic E-state index is 12.5. The predicted octanol–water partition coefficient (Wildman–Crippen LogP) is 20.8. The topological polar surface area (TPSA) is 95.9 Å². The van der Waals surface area contributed by atoms with E-state index in [1.807, 2.05) is 0 Å². The third kappa shape index (κ3) is 57.9. The zero-order valence-electron chi connectivity index (χ0n) is 48.9. The molecule has 0 fully saturated rings. The van der Waals surface area contributed by atoms with Crippen LogP contribution in [0, 0.1) is 0 Å². The molecular weight excluding hydrogens is 887 g/mol. The summed E-state index contributed by atoms with van der Waals surface area (Å²) in [5.74, 6) is -0.0361. The van der Waals surface area contributed by atoms with Crippen molar-refractivity contribution < 1.29 is 24.5 Å². The molecule has 2 unspecified atom stereocenters. The van der Waals surface area contributed by atoms with Gasteiger partial charge in [0.1, 0.15) is 0 Å². The number of rotatable bonds is 62. The Morgan fingerprint density at radius 1 is 0.375 bits per heavy atom. The standard InChI is InChI=1S/C66H129NO5/c1-3-5-7-9-11-13-15-17-19-21-22-23-24-25-27-30-34-38-42-46-50-54-58-64(69)63(62-68)67-65(70)59-55-51-47-43-39-35-31-28-29-33-37-41-45-49-53-57-61-72-66(71)60-56-52-48-44-40-36-32-26-20-18-16-14-12-10-8-6-4-2/h18,20,63-64,68-69H,3-17,19,21-62H2,1-2H3,(H,67,70)/b20-18-. The minimum atomic E-state index is -0.670. The van der Waals surface area contributed by atoms with Crippen molar-refractivity contribution in [3.8, 4) is 0 Å². The highest BCUT2D eigenvalue weighted by Gasteiger charge is 2.20. The molecule has 6 heteroatoms. The number of amides is 1. The Balaban J connectivity index is 3.41. The Morgan fingerprint density at radius 2 is 0.653 bits per heavy atom. The summed E-state index contributed by atoms with van der Waals surface area (Å²) in [6, 6.07) is -0.547. The van der Waals surface area contributed by atoms with Gasteiger partial charge in [0.25, 0.3) is 0 Å². The summed E-state index contributed by atoms with van der Waals surface area (Å²) in [6.45, 7) is 4.97. The Hall–Kier alpha value is -1.40. The molecule has 0 aliphatic carbocycles. The molecule has 6 nitrogen and oxygen atoms in total. The fraction of sp³-hybridized carbons (Fsp3) is 0.939. The molecule has 0 rings (SSSR count). The highest BCUT2D eigenvalue weighted by Crippen LogP contribution is 2.19. The van der Waals surface area contributed by atoms with Gasteiger partial charge in [-0.2, -0.15) is 0 Å². The largest absolute Gasteiger partial charge is 0.466 e. The second-order valence-electron chi connectivity index (χ2n) is 22.8. The Kier molecular flexibility index (Phi) is 60.9. The molecule has 1 amide bonds. The normalized spacial score (nSPS) is 12.6. The van der Waals surface area contributed by atoms with E-state index in [4.69, 9.17) is 4.74 Å². The van der Waals surface area contributed by atoms with Gasteiger partial charge in [0.15, 0.2) is 0 Å². The lowest BCUT2D eigenvalue weighted by Gasteiger charge is -2.22. The summed E-state index contributed by atoms with van der Waals surface area (Å²) in [7, 11) is 0. The van der Waals surface area contributed by atoms with Crippen LogP contribution in [0.4, 0.5) is 0 Å². The van der Waals surface area contributed by atoms with Crippen LogP contribution >= 0.6 is 0 Å². The number of ether oxygens (including phenoxy) is 1. The Bertz CT molecular complexity index is 1080. The van der Waals surface area contributed by atoms with E-state index in [1.54, 1.807) is 0 Å². The van der Waals surface area contributed by atoms with Crippen LogP contribution in [-0.4, -0.2) is 47.4 Å². The molecule has 0 aromatic carbocycles. The van der Waals surface area contributed by atoms with Crippen molar-refractivity contribution in [1.29, 1.82) is 0 Å². The van der Waals surface area contributed by atoms with Crippen molar-refractivity contribution in [3.63, 3.8) is 0 Å². The molecule has 0 heterocycles. The zero-order chi connectivity index (χ0) is 52.2. The van der Waals surface area contributed by atoms with Gasteiger partial charge in [-0.25, -0.2) is 0 Å². The fourth-order valence-corrected chi connectivity index (χ4v) is 10.5. The maximum absolute atomic E-state index is 12.5. The van der Waals surface area contributed by atoms with Crippen molar-refractivity contribution in [2.24, 2.45) is 0 Å². The van der Waals surface area contributed by atoms with Gasteiger partial charge in [0, 0.05) is 12.8 Å². The van der Waals surface area contributed by atoms with Crippen molar-refractivity contribution in [3.05, 3.63) is 12.2 Å². The highest BCUT2D eigenvalue weighted by atomic mass is 16.5. The third-order valence-corrected chi connectivity index (χ3v) is 15.6. The Morgan fingerprint density at radius 3 is 0.986 bits per heavy atom.